The number of methoxy groups -OCH3 is 1. The van der Waals surface area contributed by atoms with Crippen LogP contribution in [0.25, 0.3) is 0 Å². The van der Waals surface area contributed by atoms with E-state index in [9.17, 15) is 5.11 Å². The van der Waals surface area contributed by atoms with Crippen molar-refractivity contribution in [2.45, 2.75) is 6.10 Å². The monoisotopic (exact) mass is 266 g/mol. The third kappa shape index (κ3) is 4.38. The second-order valence-electron chi connectivity index (χ2n) is 4.65. The molecule has 1 fully saturated rings. The molecule has 2 N–H and O–H groups in total. The summed E-state index contributed by atoms with van der Waals surface area (Å²) in [5, 5.41) is 12.8. The van der Waals surface area contributed by atoms with Crippen LogP contribution in [0.1, 0.15) is 0 Å². The molecule has 0 amide bonds. The zero-order valence-corrected chi connectivity index (χ0v) is 11.3. The number of rotatable bonds is 6. The molecular weight excluding hydrogens is 244 g/mol. The molecule has 0 bridgehead atoms. The standard InChI is InChI=1S/C14H22N2O3/c1-18-10-13(17)11-19-14-4-2-12(3-5-14)16-8-6-15-7-9-16/h2-5,13,15,17H,6-11H2,1H3. The number of ether oxygens (including phenoxy) is 2. The van der Waals surface area contributed by atoms with Crippen molar-refractivity contribution in [2.24, 2.45) is 0 Å². The van der Waals surface area contributed by atoms with E-state index in [0.29, 0.717) is 6.61 Å². The van der Waals surface area contributed by atoms with Crippen LogP contribution in [0, 0.1) is 0 Å². The lowest BCUT2D eigenvalue weighted by molar-refractivity contribution is 0.0325. The number of nitrogens with zero attached hydrogens (tertiary/aromatic N) is 1. The van der Waals surface area contributed by atoms with Crippen molar-refractivity contribution in [3.63, 3.8) is 0 Å². The molecule has 2 rings (SSSR count). The third-order valence-corrected chi connectivity index (χ3v) is 3.12. The van der Waals surface area contributed by atoms with Crippen LogP contribution in [-0.2, 0) is 4.74 Å². The first-order chi connectivity index (χ1) is 9.29. The number of anilines is 1. The summed E-state index contributed by atoms with van der Waals surface area (Å²) in [5.74, 6) is 0.772. The fraction of sp³-hybridized carbons (Fsp3) is 0.571. The lowest BCUT2D eigenvalue weighted by Gasteiger charge is -2.29. The van der Waals surface area contributed by atoms with Crippen LogP contribution in [0.2, 0.25) is 0 Å². The Morgan fingerprint density at radius 3 is 2.53 bits per heavy atom. The lowest BCUT2D eigenvalue weighted by Crippen LogP contribution is -2.43. The second-order valence-corrected chi connectivity index (χ2v) is 4.65. The van der Waals surface area contributed by atoms with E-state index < -0.39 is 6.10 Å². The van der Waals surface area contributed by atoms with Gasteiger partial charge < -0.3 is 24.8 Å². The maximum absolute atomic E-state index is 9.50. The minimum atomic E-state index is -0.585. The van der Waals surface area contributed by atoms with Gasteiger partial charge in [-0.3, -0.25) is 0 Å². The predicted molar refractivity (Wildman–Crippen MR) is 74.9 cm³/mol. The van der Waals surface area contributed by atoms with Gasteiger partial charge in [-0.1, -0.05) is 0 Å². The van der Waals surface area contributed by atoms with Crippen LogP contribution in [0.4, 0.5) is 5.69 Å². The lowest BCUT2D eigenvalue weighted by atomic mass is 10.2. The predicted octanol–water partition coefficient (Wildman–Crippen LogP) is 0.482. The summed E-state index contributed by atoms with van der Waals surface area (Å²) in [6, 6.07) is 8.00. The summed E-state index contributed by atoms with van der Waals surface area (Å²) in [6.45, 7) is 4.67. The summed E-state index contributed by atoms with van der Waals surface area (Å²) < 4.78 is 10.3. The van der Waals surface area contributed by atoms with Gasteiger partial charge in [0.25, 0.3) is 0 Å². The molecule has 5 heteroatoms. The molecule has 1 aromatic rings. The molecule has 106 valence electrons. The van der Waals surface area contributed by atoms with Gasteiger partial charge in [0.15, 0.2) is 0 Å². The van der Waals surface area contributed by atoms with E-state index in [1.807, 2.05) is 12.1 Å². The number of benzene rings is 1. The average Bonchev–Trinajstić information content (AvgIpc) is 2.47. The van der Waals surface area contributed by atoms with Crippen LogP contribution < -0.4 is 15.0 Å². The van der Waals surface area contributed by atoms with Crippen LogP contribution in [0.5, 0.6) is 5.75 Å². The Morgan fingerprint density at radius 2 is 1.89 bits per heavy atom. The molecular formula is C14H22N2O3. The highest BCUT2D eigenvalue weighted by molar-refractivity contribution is 5.49. The van der Waals surface area contributed by atoms with Gasteiger partial charge in [0, 0.05) is 39.0 Å². The van der Waals surface area contributed by atoms with Gasteiger partial charge in [-0.25, -0.2) is 0 Å². The molecule has 1 atom stereocenters. The minimum absolute atomic E-state index is 0.251. The summed E-state index contributed by atoms with van der Waals surface area (Å²) in [5.41, 5.74) is 1.21. The van der Waals surface area contributed by atoms with E-state index >= 15 is 0 Å². The molecule has 0 saturated carbocycles. The molecule has 1 aliphatic heterocycles. The maximum Gasteiger partial charge on any atom is 0.119 e. The Balaban J connectivity index is 1.83. The number of aliphatic hydroxyl groups is 1. The molecule has 0 radical (unpaired) electrons. The van der Waals surface area contributed by atoms with E-state index in [-0.39, 0.29) is 6.61 Å². The van der Waals surface area contributed by atoms with Crippen molar-refractivity contribution in [1.82, 2.24) is 5.32 Å². The first-order valence-corrected chi connectivity index (χ1v) is 6.65. The van der Waals surface area contributed by atoms with Crippen molar-refractivity contribution in [3.05, 3.63) is 24.3 Å². The fourth-order valence-electron chi connectivity index (χ4n) is 2.11. The molecule has 1 aromatic carbocycles. The Morgan fingerprint density at radius 1 is 1.21 bits per heavy atom. The highest BCUT2D eigenvalue weighted by Gasteiger charge is 2.10. The van der Waals surface area contributed by atoms with Crippen LogP contribution >= 0.6 is 0 Å². The molecule has 1 saturated heterocycles. The van der Waals surface area contributed by atoms with E-state index in [0.717, 1.165) is 31.9 Å². The number of hydrogen-bond acceptors (Lipinski definition) is 5. The van der Waals surface area contributed by atoms with E-state index in [1.54, 1.807) is 7.11 Å². The largest absolute Gasteiger partial charge is 0.491 e. The van der Waals surface area contributed by atoms with Crippen molar-refractivity contribution in [1.29, 1.82) is 0 Å². The molecule has 0 spiro atoms. The Bertz CT molecular complexity index is 363. The maximum atomic E-state index is 9.50. The van der Waals surface area contributed by atoms with Gasteiger partial charge in [0.05, 0.1) is 6.61 Å². The van der Waals surface area contributed by atoms with E-state index in [2.05, 4.69) is 22.3 Å². The molecule has 1 aliphatic rings. The second kappa shape index (κ2) is 7.33. The van der Waals surface area contributed by atoms with Crippen molar-refractivity contribution >= 4 is 5.69 Å². The molecule has 1 unspecified atom stereocenters. The number of aliphatic hydroxyl groups excluding tert-OH is 1. The van der Waals surface area contributed by atoms with Crippen LogP contribution in [-0.4, -0.2) is 57.7 Å². The molecule has 0 aliphatic carbocycles. The quantitative estimate of drug-likeness (QED) is 0.784. The number of hydrogen-bond donors (Lipinski definition) is 2. The van der Waals surface area contributed by atoms with Gasteiger partial charge in [-0.2, -0.15) is 0 Å². The third-order valence-electron chi connectivity index (χ3n) is 3.12. The first-order valence-electron chi connectivity index (χ1n) is 6.65. The van der Waals surface area contributed by atoms with Gasteiger partial charge >= 0.3 is 0 Å². The van der Waals surface area contributed by atoms with Crippen molar-refractivity contribution < 1.29 is 14.6 Å². The van der Waals surface area contributed by atoms with Crippen molar-refractivity contribution in [3.8, 4) is 5.75 Å². The first kappa shape index (κ1) is 14.1. The summed E-state index contributed by atoms with van der Waals surface area (Å²) >= 11 is 0. The smallest absolute Gasteiger partial charge is 0.119 e. The minimum Gasteiger partial charge on any atom is -0.491 e. The van der Waals surface area contributed by atoms with Gasteiger partial charge in [0.1, 0.15) is 18.5 Å². The van der Waals surface area contributed by atoms with Crippen LogP contribution in [0.15, 0.2) is 24.3 Å². The van der Waals surface area contributed by atoms with Crippen molar-refractivity contribution in [2.75, 3.05) is 51.4 Å². The Kier molecular flexibility index (Phi) is 5.44. The van der Waals surface area contributed by atoms with Gasteiger partial charge in [-0.15, -0.1) is 0 Å². The SMILES string of the molecule is COCC(O)COc1ccc(N2CCNCC2)cc1. The molecule has 19 heavy (non-hydrogen) atoms. The molecule has 1 heterocycles. The summed E-state index contributed by atoms with van der Waals surface area (Å²) in [6.07, 6.45) is -0.585. The fourth-order valence-corrected chi connectivity index (χ4v) is 2.11. The Hall–Kier alpha value is -1.30. The molecule has 0 aromatic heterocycles. The number of nitrogens with one attached hydrogen (secondary N) is 1. The molecule has 5 nitrogen and oxygen atoms in total. The zero-order chi connectivity index (χ0) is 13.5. The normalized spacial score (nSPS) is 17.3. The number of piperazine rings is 1. The highest BCUT2D eigenvalue weighted by Crippen LogP contribution is 2.19. The van der Waals surface area contributed by atoms with E-state index in [4.69, 9.17) is 9.47 Å². The highest BCUT2D eigenvalue weighted by atomic mass is 16.5. The van der Waals surface area contributed by atoms with Gasteiger partial charge in [-0.05, 0) is 24.3 Å². The Labute approximate surface area is 114 Å². The summed E-state index contributed by atoms with van der Waals surface area (Å²) in [4.78, 5) is 2.35. The van der Waals surface area contributed by atoms with E-state index in [1.165, 1.54) is 5.69 Å². The van der Waals surface area contributed by atoms with Crippen LogP contribution in [0.3, 0.4) is 0 Å². The topological polar surface area (TPSA) is 54.0 Å². The average molecular weight is 266 g/mol. The zero-order valence-electron chi connectivity index (χ0n) is 11.3. The summed E-state index contributed by atoms with van der Waals surface area (Å²) in [7, 11) is 1.56. The van der Waals surface area contributed by atoms with Gasteiger partial charge in [0.2, 0.25) is 0 Å².